The number of rotatable bonds is 8. The van der Waals surface area contributed by atoms with Crippen LogP contribution in [0.1, 0.15) is 63.7 Å². The maximum absolute atomic E-state index is 12.2. The zero-order valence-corrected chi connectivity index (χ0v) is 31.4. The molecule has 0 saturated heterocycles. The number of hydrogen-bond donors (Lipinski definition) is 1. The van der Waals surface area contributed by atoms with Crippen LogP contribution in [0, 0.1) is 13.8 Å². The van der Waals surface area contributed by atoms with Gasteiger partial charge in [-0.1, -0.05) is 51.4 Å². The maximum atomic E-state index is 12.2. The number of aliphatic imine (C=N–C) groups is 2. The van der Waals surface area contributed by atoms with Crippen molar-refractivity contribution in [2.24, 2.45) is 9.98 Å². The van der Waals surface area contributed by atoms with Crippen molar-refractivity contribution >= 4 is 61.7 Å². The second-order valence-electron chi connectivity index (χ2n) is 13.6. The Morgan fingerprint density at radius 3 is 1.43 bits per heavy atom. The van der Waals surface area contributed by atoms with E-state index in [1.165, 1.54) is 0 Å². The number of aryl methyl sites for hydroxylation is 2. The van der Waals surface area contributed by atoms with Gasteiger partial charge in [0.1, 0.15) is 5.60 Å². The van der Waals surface area contributed by atoms with Crippen molar-refractivity contribution in [2.75, 3.05) is 24.8 Å². The standard InChI is InChI=1S/C18H29NO2SSi.C14H21NO2SSi/c1-13-11-14(16(22-5)19-12-23(6,7)8)9-10-15(13)17(20)21-18(2,3)4;1-10-8-11(6-7-12(10)14(16)17)13(18-2)15-9-19(3,4)5/h9-11H,12H2,1-8H3;6-8H,9H2,1-5H3,(H,16,17). The Hall–Kier alpha value is -2.15. The first kappa shape index (κ1) is 37.9. The summed E-state index contributed by atoms with van der Waals surface area (Å²) in [6.45, 7) is 23.2. The number of ether oxygens (including phenoxy) is 1. The Labute approximate surface area is 264 Å². The molecule has 0 heterocycles. The first-order valence-corrected chi connectivity index (χ1v) is 23.9. The van der Waals surface area contributed by atoms with Gasteiger partial charge in [0.2, 0.25) is 0 Å². The van der Waals surface area contributed by atoms with Gasteiger partial charge < -0.3 is 9.84 Å². The molecule has 0 aliphatic heterocycles. The highest BCUT2D eigenvalue weighted by molar-refractivity contribution is 8.14. The number of carbonyl (C=O) groups excluding carboxylic acids is 1. The number of carbonyl (C=O) groups is 2. The van der Waals surface area contributed by atoms with E-state index < -0.39 is 27.7 Å². The van der Waals surface area contributed by atoms with Crippen LogP contribution in [0.2, 0.25) is 39.3 Å². The molecule has 1 N–H and O–H groups in total. The van der Waals surface area contributed by atoms with Crippen LogP contribution in [-0.4, -0.2) is 73.7 Å². The molecule has 2 rings (SSSR count). The van der Waals surface area contributed by atoms with Gasteiger partial charge in [-0.25, -0.2) is 9.59 Å². The first-order valence-electron chi connectivity index (χ1n) is 14.0. The molecule has 0 bridgehead atoms. The number of thioether (sulfide) groups is 2. The van der Waals surface area contributed by atoms with E-state index in [2.05, 4.69) is 39.3 Å². The van der Waals surface area contributed by atoms with Gasteiger partial charge in [0.25, 0.3) is 0 Å². The average molecular weight is 647 g/mol. The molecule has 0 saturated carbocycles. The van der Waals surface area contributed by atoms with Crippen molar-refractivity contribution in [1.29, 1.82) is 0 Å². The van der Waals surface area contributed by atoms with Gasteiger partial charge in [-0.05, 0) is 82.5 Å². The van der Waals surface area contributed by atoms with Gasteiger partial charge in [0.05, 0.1) is 37.4 Å². The molecule has 2 aromatic carbocycles. The smallest absolute Gasteiger partial charge is 0.338 e. The van der Waals surface area contributed by atoms with E-state index in [1.54, 1.807) is 29.6 Å². The Balaban J connectivity index is 0.000000428. The summed E-state index contributed by atoms with van der Waals surface area (Å²) in [7, 11) is -2.42. The van der Waals surface area contributed by atoms with Crippen LogP contribution >= 0.6 is 23.5 Å². The van der Waals surface area contributed by atoms with Crippen LogP contribution in [0.4, 0.5) is 0 Å². The van der Waals surface area contributed by atoms with Crippen LogP contribution < -0.4 is 0 Å². The molecule has 42 heavy (non-hydrogen) atoms. The lowest BCUT2D eigenvalue weighted by molar-refractivity contribution is 0.00685. The third-order valence-electron chi connectivity index (χ3n) is 5.58. The van der Waals surface area contributed by atoms with Crippen LogP contribution in [0.3, 0.4) is 0 Å². The third-order valence-corrected chi connectivity index (χ3v) is 9.29. The van der Waals surface area contributed by atoms with Crippen LogP contribution in [0.15, 0.2) is 46.4 Å². The number of aromatic carboxylic acids is 1. The van der Waals surface area contributed by atoms with E-state index >= 15 is 0 Å². The maximum Gasteiger partial charge on any atom is 0.338 e. The Kier molecular flexibility index (Phi) is 14.5. The predicted octanol–water partition coefficient (Wildman–Crippen LogP) is 8.62. The number of hydrogen-bond acceptors (Lipinski definition) is 7. The Bertz CT molecular complexity index is 1310. The zero-order valence-electron chi connectivity index (χ0n) is 27.8. The van der Waals surface area contributed by atoms with Crippen molar-refractivity contribution < 1.29 is 19.4 Å². The summed E-state index contributed by atoms with van der Waals surface area (Å²) in [5.41, 5.74) is 4.27. The summed E-state index contributed by atoms with van der Waals surface area (Å²) in [4.78, 5) is 32.7. The quantitative estimate of drug-likeness (QED) is 0.134. The second kappa shape index (κ2) is 16.1. The summed E-state index contributed by atoms with van der Waals surface area (Å²) in [5, 5.41) is 11.1. The van der Waals surface area contributed by atoms with Gasteiger partial charge in [0, 0.05) is 23.5 Å². The second-order valence-corrected chi connectivity index (χ2v) is 26.1. The summed E-state index contributed by atoms with van der Waals surface area (Å²) in [5.74, 6) is -1.15. The molecular formula is C32H50N2O4S2Si2. The first-order chi connectivity index (χ1) is 19.2. The molecule has 2 aromatic rings. The number of nitrogens with zero attached hydrogens (tertiary/aromatic N) is 2. The highest BCUT2D eigenvalue weighted by atomic mass is 32.2. The van der Waals surface area contributed by atoms with E-state index in [0.717, 1.165) is 44.7 Å². The molecular weight excluding hydrogens is 597 g/mol. The lowest BCUT2D eigenvalue weighted by atomic mass is 10.1. The normalized spacial score (nSPS) is 12.9. The fourth-order valence-electron chi connectivity index (χ4n) is 3.56. The molecule has 0 unspecified atom stereocenters. The molecule has 0 spiro atoms. The summed E-state index contributed by atoms with van der Waals surface area (Å²) in [6.07, 6.45) is 5.85. The van der Waals surface area contributed by atoms with Crippen LogP contribution in [0.5, 0.6) is 0 Å². The summed E-state index contributed by atoms with van der Waals surface area (Å²) < 4.78 is 5.45. The van der Waals surface area contributed by atoms with E-state index in [0.29, 0.717) is 11.1 Å². The topological polar surface area (TPSA) is 88.3 Å². The largest absolute Gasteiger partial charge is 0.478 e. The van der Waals surface area contributed by atoms with E-state index in [1.807, 2.05) is 77.5 Å². The molecule has 6 nitrogen and oxygen atoms in total. The van der Waals surface area contributed by atoms with E-state index in [9.17, 15) is 9.59 Å². The molecule has 0 aromatic heterocycles. The van der Waals surface area contributed by atoms with Gasteiger partial charge in [-0.3, -0.25) is 9.98 Å². The number of carboxylic acids is 1. The molecule has 0 aliphatic carbocycles. The van der Waals surface area contributed by atoms with E-state index in [4.69, 9.17) is 19.8 Å². The molecule has 0 fully saturated rings. The van der Waals surface area contributed by atoms with Crippen molar-refractivity contribution in [3.8, 4) is 0 Å². The van der Waals surface area contributed by atoms with Gasteiger partial charge in [-0.2, -0.15) is 0 Å². The lowest BCUT2D eigenvalue weighted by Gasteiger charge is -2.20. The molecule has 0 aliphatic rings. The monoisotopic (exact) mass is 646 g/mol. The minimum absolute atomic E-state index is 0.272. The lowest BCUT2D eigenvalue weighted by Crippen LogP contribution is -2.25. The number of carboxylic acid groups (broad SMARTS) is 1. The molecule has 232 valence electrons. The summed E-state index contributed by atoms with van der Waals surface area (Å²) >= 11 is 3.26. The minimum atomic E-state index is -1.21. The zero-order chi connectivity index (χ0) is 32.5. The average Bonchev–Trinajstić information content (AvgIpc) is 2.82. The Morgan fingerprint density at radius 2 is 1.14 bits per heavy atom. The molecule has 10 heteroatoms. The van der Waals surface area contributed by atoms with Crippen LogP contribution in [0.25, 0.3) is 0 Å². The molecule has 0 radical (unpaired) electrons. The minimum Gasteiger partial charge on any atom is -0.478 e. The highest BCUT2D eigenvalue weighted by Crippen LogP contribution is 2.20. The molecule has 0 amide bonds. The van der Waals surface area contributed by atoms with Crippen molar-refractivity contribution in [2.45, 2.75) is 79.5 Å². The fourth-order valence-corrected chi connectivity index (χ4v) is 6.17. The third kappa shape index (κ3) is 13.9. The highest BCUT2D eigenvalue weighted by Gasteiger charge is 2.20. The predicted molar refractivity (Wildman–Crippen MR) is 191 cm³/mol. The van der Waals surface area contributed by atoms with Crippen molar-refractivity contribution in [1.82, 2.24) is 0 Å². The van der Waals surface area contributed by atoms with Crippen molar-refractivity contribution in [3.05, 3.63) is 69.8 Å². The Morgan fingerprint density at radius 1 is 0.762 bits per heavy atom. The molecule has 0 atom stereocenters. The van der Waals surface area contributed by atoms with E-state index in [-0.39, 0.29) is 5.97 Å². The fraction of sp³-hybridized carbons (Fsp3) is 0.500. The van der Waals surface area contributed by atoms with Gasteiger partial charge in [0.15, 0.2) is 0 Å². The van der Waals surface area contributed by atoms with Crippen LogP contribution in [-0.2, 0) is 4.74 Å². The SMILES string of the molecule is CSC(=NC[Si](C)(C)C)c1ccc(C(=O)O)c(C)c1.CSC(=NC[Si](C)(C)C)c1ccc(C(=O)OC(C)(C)C)c(C)c1. The number of benzene rings is 2. The number of esters is 1. The van der Waals surface area contributed by atoms with Crippen molar-refractivity contribution in [3.63, 3.8) is 0 Å². The summed E-state index contributed by atoms with van der Waals surface area (Å²) in [6, 6.07) is 11.2. The van der Waals surface area contributed by atoms with Gasteiger partial charge >= 0.3 is 11.9 Å². The van der Waals surface area contributed by atoms with Gasteiger partial charge in [-0.15, -0.1) is 23.5 Å².